The summed E-state index contributed by atoms with van der Waals surface area (Å²) in [5, 5.41) is 1.70. The number of rotatable bonds is 5. The lowest BCUT2D eigenvalue weighted by molar-refractivity contribution is -0.141. The lowest BCUT2D eigenvalue weighted by atomic mass is 10.0. The predicted octanol–water partition coefficient (Wildman–Crippen LogP) is 0.946. The number of ether oxygens (including phenoxy) is 2. The van der Waals surface area contributed by atoms with Crippen molar-refractivity contribution in [3.63, 3.8) is 0 Å². The van der Waals surface area contributed by atoms with Crippen molar-refractivity contribution < 1.29 is 23.5 Å². The minimum absolute atomic E-state index is 0.0339. The molecule has 2 aliphatic heterocycles. The van der Waals surface area contributed by atoms with Gasteiger partial charge < -0.3 is 19.3 Å². The van der Waals surface area contributed by atoms with E-state index in [2.05, 4.69) is 4.90 Å². The number of benzene rings is 1. The Morgan fingerprint density at radius 3 is 2.58 bits per heavy atom. The van der Waals surface area contributed by atoms with E-state index in [0.29, 0.717) is 30.0 Å². The van der Waals surface area contributed by atoms with Crippen molar-refractivity contribution in [1.29, 1.82) is 0 Å². The van der Waals surface area contributed by atoms with Gasteiger partial charge in [0.15, 0.2) is 24.1 Å². The van der Waals surface area contributed by atoms with Crippen LogP contribution >= 0.6 is 0 Å². The van der Waals surface area contributed by atoms with E-state index < -0.39 is 29.4 Å². The number of Topliss-reactive ketones (excluding diaryl/α,β-unsaturated/α-hetero) is 1. The second kappa shape index (κ2) is 8.18. The van der Waals surface area contributed by atoms with Crippen LogP contribution in [0.4, 0.5) is 10.1 Å². The van der Waals surface area contributed by atoms with Crippen LogP contribution in [0.3, 0.4) is 0 Å². The maximum Gasteiger partial charge on any atom is 0.313 e. The maximum atomic E-state index is 15.3. The number of hydrogen-bond donors (Lipinski definition) is 0. The van der Waals surface area contributed by atoms with E-state index in [1.165, 1.54) is 6.20 Å². The predicted molar refractivity (Wildman–Crippen MR) is 113 cm³/mol. The van der Waals surface area contributed by atoms with E-state index in [0.717, 1.165) is 19.2 Å². The summed E-state index contributed by atoms with van der Waals surface area (Å²) in [4.78, 5) is 41.5. The molecule has 2 aromatic rings. The van der Waals surface area contributed by atoms with E-state index in [1.807, 2.05) is 11.9 Å². The molecular formula is C21H25FN4O5. The number of halogens is 1. The fraction of sp³-hybridized carbons (Fsp3) is 0.476. The number of carbonyl (C=O) groups excluding carboxylic acids is 2. The van der Waals surface area contributed by atoms with Gasteiger partial charge in [-0.1, -0.05) is 0 Å². The summed E-state index contributed by atoms with van der Waals surface area (Å²) < 4.78 is 27.6. The lowest BCUT2D eigenvalue weighted by Crippen LogP contribution is -2.46. The number of anilines is 1. The van der Waals surface area contributed by atoms with Crippen molar-refractivity contribution in [3.05, 3.63) is 33.9 Å². The Kier molecular flexibility index (Phi) is 5.57. The van der Waals surface area contributed by atoms with Gasteiger partial charge in [-0.25, -0.2) is 4.39 Å². The third-order valence-electron chi connectivity index (χ3n) is 5.65. The van der Waals surface area contributed by atoms with Crippen LogP contribution in [0.15, 0.2) is 17.1 Å². The quantitative estimate of drug-likeness (QED) is 0.392. The first-order valence-electron chi connectivity index (χ1n) is 10.2. The normalized spacial score (nSPS) is 16.4. The summed E-state index contributed by atoms with van der Waals surface area (Å²) in [5.41, 5.74) is -0.0919. The number of ketones is 1. The van der Waals surface area contributed by atoms with Gasteiger partial charge >= 0.3 is 5.97 Å². The first-order chi connectivity index (χ1) is 14.8. The summed E-state index contributed by atoms with van der Waals surface area (Å²) in [6, 6.07) is 1.16. The van der Waals surface area contributed by atoms with Gasteiger partial charge in [-0.15, -0.1) is 0 Å². The summed E-state index contributed by atoms with van der Waals surface area (Å²) in [6.07, 6.45) is 0.841. The van der Waals surface area contributed by atoms with Crippen molar-refractivity contribution in [2.24, 2.45) is 0 Å². The Hall–Kier alpha value is -3.14. The molecule has 1 saturated heterocycles. The number of aromatic nitrogens is 1. The fourth-order valence-corrected chi connectivity index (χ4v) is 3.99. The minimum atomic E-state index is -0.709. The van der Waals surface area contributed by atoms with E-state index >= 15 is 4.39 Å². The molecule has 10 heteroatoms. The molecular weight excluding hydrogens is 407 g/mol. The molecule has 9 nitrogen and oxygen atoms in total. The van der Waals surface area contributed by atoms with Gasteiger partial charge in [-0.05, 0) is 20.0 Å². The standard InChI is InChI=1S/C21H25FN4O5/c1-4-30-17(28)10-16(27)14-11-26-18-13(20(14)29)9-15(22)19(21(18)31-12-24(26)3)25-7-5-23(2)6-8-25/h9,11H,4-8,10,12H2,1-3H3. The summed E-state index contributed by atoms with van der Waals surface area (Å²) >= 11 is 0. The Bertz CT molecular complexity index is 1110. The van der Waals surface area contributed by atoms with E-state index in [1.54, 1.807) is 23.7 Å². The Labute approximate surface area is 178 Å². The highest BCUT2D eigenvalue weighted by Crippen LogP contribution is 2.40. The molecule has 0 bridgehead atoms. The molecule has 31 heavy (non-hydrogen) atoms. The van der Waals surface area contributed by atoms with E-state index in [-0.39, 0.29) is 24.3 Å². The van der Waals surface area contributed by atoms with Gasteiger partial charge in [0.2, 0.25) is 5.43 Å². The Morgan fingerprint density at radius 2 is 1.90 bits per heavy atom. The first-order valence-corrected chi connectivity index (χ1v) is 10.2. The van der Waals surface area contributed by atoms with Crippen LogP contribution in [0.25, 0.3) is 10.9 Å². The van der Waals surface area contributed by atoms with Crippen LogP contribution in [-0.4, -0.2) is 74.9 Å². The molecule has 1 aromatic carbocycles. The first kappa shape index (κ1) is 21.1. The molecule has 0 aliphatic carbocycles. The zero-order valence-corrected chi connectivity index (χ0v) is 17.8. The highest BCUT2D eigenvalue weighted by molar-refractivity contribution is 6.07. The van der Waals surface area contributed by atoms with Gasteiger partial charge in [-0.2, -0.15) is 0 Å². The molecule has 1 aromatic heterocycles. The van der Waals surface area contributed by atoms with Gasteiger partial charge in [0, 0.05) is 39.4 Å². The highest BCUT2D eigenvalue weighted by atomic mass is 19.1. The van der Waals surface area contributed by atoms with Gasteiger partial charge in [-0.3, -0.25) is 24.1 Å². The van der Waals surface area contributed by atoms with Crippen LogP contribution < -0.4 is 20.1 Å². The molecule has 2 aliphatic rings. The lowest BCUT2D eigenvalue weighted by Gasteiger charge is -2.37. The monoisotopic (exact) mass is 432 g/mol. The second-order valence-corrected chi connectivity index (χ2v) is 7.78. The number of carbonyl (C=O) groups is 2. The Balaban J connectivity index is 1.86. The molecule has 0 unspecified atom stereocenters. The fourth-order valence-electron chi connectivity index (χ4n) is 3.99. The molecule has 0 radical (unpaired) electrons. The molecule has 0 spiro atoms. The largest absolute Gasteiger partial charge is 0.467 e. The smallest absolute Gasteiger partial charge is 0.313 e. The third kappa shape index (κ3) is 3.71. The molecule has 166 valence electrons. The summed E-state index contributed by atoms with van der Waals surface area (Å²) in [7, 11) is 3.74. The molecule has 3 heterocycles. The molecule has 0 atom stereocenters. The van der Waals surface area contributed by atoms with Crippen molar-refractivity contribution in [1.82, 2.24) is 9.58 Å². The van der Waals surface area contributed by atoms with Crippen LogP contribution in [-0.2, 0) is 9.53 Å². The number of hydrogen-bond acceptors (Lipinski definition) is 8. The number of esters is 1. The zero-order chi connectivity index (χ0) is 22.3. The van der Waals surface area contributed by atoms with Gasteiger partial charge in [0.05, 0.1) is 17.6 Å². The number of pyridine rings is 1. The second-order valence-electron chi connectivity index (χ2n) is 7.78. The molecule has 1 fully saturated rings. The van der Waals surface area contributed by atoms with Crippen LogP contribution in [0.2, 0.25) is 0 Å². The van der Waals surface area contributed by atoms with Crippen molar-refractivity contribution in [3.8, 4) is 5.75 Å². The average Bonchev–Trinajstić information content (AvgIpc) is 2.73. The number of nitrogens with zero attached hydrogens (tertiary/aromatic N) is 4. The summed E-state index contributed by atoms with van der Waals surface area (Å²) in [5.74, 6) is -1.66. The van der Waals surface area contributed by atoms with Gasteiger partial charge in [0.25, 0.3) is 0 Å². The number of piperazine rings is 1. The maximum absolute atomic E-state index is 15.3. The number of likely N-dealkylation sites (N-methyl/N-ethyl adjacent to an activating group) is 1. The molecule has 4 rings (SSSR count). The third-order valence-corrected chi connectivity index (χ3v) is 5.65. The van der Waals surface area contributed by atoms with Crippen molar-refractivity contribution in [2.45, 2.75) is 13.3 Å². The zero-order valence-electron chi connectivity index (χ0n) is 17.8. The molecule has 0 N–H and O–H groups in total. The van der Waals surface area contributed by atoms with Gasteiger partial charge in [0.1, 0.15) is 17.6 Å². The topological polar surface area (TPSA) is 84.3 Å². The SMILES string of the molecule is CCOC(=O)CC(=O)c1cn2c3c(c(N4CCN(C)CC4)c(F)cc3c1=O)OCN2C. The van der Waals surface area contributed by atoms with Crippen LogP contribution in [0, 0.1) is 5.82 Å². The van der Waals surface area contributed by atoms with E-state index in [9.17, 15) is 14.4 Å². The van der Waals surface area contributed by atoms with Crippen molar-refractivity contribution >= 4 is 28.3 Å². The molecule has 0 saturated carbocycles. The Morgan fingerprint density at radius 1 is 1.19 bits per heavy atom. The summed E-state index contributed by atoms with van der Waals surface area (Å²) in [6.45, 7) is 4.71. The van der Waals surface area contributed by atoms with Crippen molar-refractivity contribution in [2.75, 3.05) is 63.5 Å². The van der Waals surface area contributed by atoms with Crippen LogP contribution in [0.5, 0.6) is 5.75 Å². The van der Waals surface area contributed by atoms with Crippen LogP contribution in [0.1, 0.15) is 23.7 Å². The van der Waals surface area contributed by atoms with E-state index in [4.69, 9.17) is 9.47 Å². The molecule has 0 amide bonds. The average molecular weight is 432 g/mol. The highest BCUT2D eigenvalue weighted by Gasteiger charge is 2.30. The minimum Gasteiger partial charge on any atom is -0.467 e.